The molecule has 0 bridgehead atoms. The molecular weight excluding hydrogens is 589 g/mol. The largest absolute Gasteiger partial charge is 0.493 e. The smallest absolute Gasteiger partial charge is 0.253 e. The lowest BCUT2D eigenvalue weighted by Crippen LogP contribution is -2.29. The first kappa shape index (κ1) is 24.5. The zero-order valence-corrected chi connectivity index (χ0v) is 23.1. The van der Waals surface area contributed by atoms with Crippen molar-refractivity contribution in [2.24, 2.45) is 0 Å². The molecule has 7 nitrogen and oxygen atoms in total. The van der Waals surface area contributed by atoms with Crippen molar-refractivity contribution < 1.29 is 9.53 Å². The molecule has 1 aliphatic heterocycles. The molecule has 6 rings (SSSR count). The number of ether oxygens (including phenoxy) is 1. The van der Waals surface area contributed by atoms with Crippen LogP contribution in [0.15, 0.2) is 79.0 Å². The minimum Gasteiger partial charge on any atom is -0.493 e. The number of nitrogens with one attached hydrogen (secondary N) is 1. The minimum atomic E-state index is 0.0153. The number of carbonyl (C=O) groups is 1. The van der Waals surface area contributed by atoms with Gasteiger partial charge < -0.3 is 14.6 Å². The van der Waals surface area contributed by atoms with E-state index in [0.717, 1.165) is 52.3 Å². The molecule has 1 atom stereocenters. The maximum Gasteiger partial charge on any atom is 0.253 e. The van der Waals surface area contributed by atoms with E-state index in [1.807, 2.05) is 67.7 Å². The third kappa shape index (κ3) is 5.13. The summed E-state index contributed by atoms with van der Waals surface area (Å²) in [7, 11) is 1.86. The fourth-order valence-electron chi connectivity index (χ4n) is 4.84. The fraction of sp³-hybridized carbons (Fsp3) is 0.200. The van der Waals surface area contributed by atoms with E-state index in [9.17, 15) is 4.79 Å². The van der Waals surface area contributed by atoms with Gasteiger partial charge in [0.1, 0.15) is 11.6 Å². The topological polar surface area (TPSA) is 84.0 Å². The Bertz CT molecular complexity index is 1620. The van der Waals surface area contributed by atoms with E-state index >= 15 is 0 Å². The number of carbonyl (C=O) groups excluding carboxylic acids is 1. The Labute approximate surface area is 234 Å². The van der Waals surface area contributed by atoms with Crippen molar-refractivity contribution in [2.45, 2.75) is 18.8 Å². The van der Waals surface area contributed by atoms with Gasteiger partial charge in [-0.3, -0.25) is 4.79 Å². The van der Waals surface area contributed by atoms with Crippen LogP contribution in [0.25, 0.3) is 22.3 Å². The Kier molecular flexibility index (Phi) is 6.80. The molecule has 8 heteroatoms. The van der Waals surface area contributed by atoms with Crippen molar-refractivity contribution in [3.8, 4) is 17.0 Å². The maximum absolute atomic E-state index is 13.1. The first-order chi connectivity index (χ1) is 18.5. The van der Waals surface area contributed by atoms with Crippen molar-refractivity contribution in [2.75, 3.05) is 20.2 Å². The normalized spacial score (nSPS) is 14.6. The monoisotopic (exact) mass is 615 g/mol. The molecule has 190 valence electrons. The third-order valence-corrected chi connectivity index (χ3v) is 7.47. The zero-order valence-electron chi connectivity index (χ0n) is 20.9. The molecule has 1 N–H and O–H groups in total. The molecular formula is C30H26IN5O2. The zero-order chi connectivity index (χ0) is 26.1. The highest BCUT2D eigenvalue weighted by molar-refractivity contribution is 14.1. The lowest BCUT2D eigenvalue weighted by Gasteiger charge is -2.25. The van der Waals surface area contributed by atoms with Gasteiger partial charge >= 0.3 is 0 Å². The summed E-state index contributed by atoms with van der Waals surface area (Å²) >= 11 is 2.12. The lowest BCUT2D eigenvalue weighted by atomic mass is 9.94. The Morgan fingerprint density at radius 2 is 1.95 bits per heavy atom. The summed E-state index contributed by atoms with van der Waals surface area (Å²) in [6.45, 7) is 1.20. The van der Waals surface area contributed by atoms with E-state index in [2.05, 4.69) is 49.7 Å². The molecule has 0 radical (unpaired) electrons. The van der Waals surface area contributed by atoms with Crippen molar-refractivity contribution in [3.63, 3.8) is 0 Å². The van der Waals surface area contributed by atoms with E-state index in [4.69, 9.17) is 9.72 Å². The van der Waals surface area contributed by atoms with E-state index < -0.39 is 0 Å². The molecule has 0 saturated heterocycles. The first-order valence-electron chi connectivity index (χ1n) is 12.6. The number of halogens is 1. The van der Waals surface area contributed by atoms with Crippen LogP contribution in [0.2, 0.25) is 0 Å². The predicted molar refractivity (Wildman–Crippen MR) is 155 cm³/mol. The summed E-state index contributed by atoms with van der Waals surface area (Å²) in [5, 5.41) is 0. The lowest BCUT2D eigenvalue weighted by molar-refractivity contribution is 0.0796. The fourth-order valence-corrected chi connectivity index (χ4v) is 5.26. The van der Waals surface area contributed by atoms with Crippen molar-refractivity contribution in [1.29, 1.82) is 0 Å². The standard InChI is InChI=1S/C30H26IN5O2/c1-36(14-12-19-5-3-2-4-6-19)29(37)21-8-10-27-22(15-21)16-23(18-38-27)28-33-25-9-7-20(17-26(25)34-28)24-11-13-32-30(31)35-24/h2-11,13,15,17,23H,12,14,16,18H2,1H3,(H,33,34). The van der Waals surface area contributed by atoms with Crippen LogP contribution in [0.5, 0.6) is 5.75 Å². The Morgan fingerprint density at radius 3 is 2.79 bits per heavy atom. The number of nitrogens with zero attached hydrogens (tertiary/aromatic N) is 4. The van der Waals surface area contributed by atoms with Crippen LogP contribution >= 0.6 is 22.6 Å². The molecule has 5 aromatic rings. The first-order valence-corrected chi connectivity index (χ1v) is 13.6. The molecule has 2 aromatic heterocycles. The summed E-state index contributed by atoms with van der Waals surface area (Å²) in [5.41, 5.74) is 6.66. The number of benzene rings is 3. The minimum absolute atomic E-state index is 0.0153. The number of hydrogen-bond acceptors (Lipinski definition) is 5. The third-order valence-electron chi connectivity index (χ3n) is 6.95. The average Bonchev–Trinajstić information content (AvgIpc) is 3.39. The number of imidazole rings is 1. The number of H-pyrrole nitrogens is 1. The number of hydrogen-bond donors (Lipinski definition) is 1. The van der Waals surface area contributed by atoms with Crippen LogP contribution < -0.4 is 4.74 Å². The molecule has 38 heavy (non-hydrogen) atoms. The predicted octanol–water partition coefficient (Wildman–Crippen LogP) is 5.66. The van der Waals surface area contributed by atoms with E-state index in [1.54, 1.807) is 11.1 Å². The SMILES string of the molecule is CN(CCc1ccccc1)C(=O)c1ccc2c(c1)CC(c1nc3cc(-c4ccnc(I)n4)ccc3[nH]1)CO2. The van der Waals surface area contributed by atoms with Gasteiger partial charge in [0, 0.05) is 53.5 Å². The number of amides is 1. The maximum atomic E-state index is 13.1. The van der Waals surface area contributed by atoms with Crippen LogP contribution in [0.4, 0.5) is 0 Å². The van der Waals surface area contributed by atoms with Crippen molar-refractivity contribution in [3.05, 3.63) is 105 Å². The Balaban J connectivity index is 1.18. The van der Waals surface area contributed by atoms with Crippen LogP contribution in [0.1, 0.15) is 33.2 Å². The molecule has 0 saturated carbocycles. The second kappa shape index (κ2) is 10.5. The molecule has 3 heterocycles. The van der Waals surface area contributed by atoms with Gasteiger partial charge in [-0.05, 0) is 60.4 Å². The number of aromatic nitrogens is 4. The van der Waals surface area contributed by atoms with Gasteiger partial charge in [0.15, 0.2) is 3.83 Å². The summed E-state index contributed by atoms with van der Waals surface area (Å²) in [6, 6.07) is 24.0. The average molecular weight is 615 g/mol. The van der Waals surface area contributed by atoms with Gasteiger partial charge in [0.25, 0.3) is 5.91 Å². The van der Waals surface area contributed by atoms with Crippen LogP contribution in [0.3, 0.4) is 0 Å². The van der Waals surface area contributed by atoms with Crippen LogP contribution in [0, 0.1) is 3.83 Å². The van der Waals surface area contributed by atoms with Crippen LogP contribution in [-0.4, -0.2) is 50.9 Å². The summed E-state index contributed by atoms with van der Waals surface area (Å²) in [5.74, 6) is 1.80. The molecule has 1 aliphatic rings. The quantitative estimate of drug-likeness (QED) is 0.197. The second-order valence-electron chi connectivity index (χ2n) is 9.56. The molecule has 1 amide bonds. The highest BCUT2D eigenvalue weighted by atomic mass is 127. The van der Waals surface area contributed by atoms with Crippen LogP contribution in [-0.2, 0) is 12.8 Å². The molecule has 3 aromatic carbocycles. The Hall–Kier alpha value is -3.79. The number of aromatic amines is 1. The molecule has 0 spiro atoms. The van der Waals surface area contributed by atoms with Crippen molar-refractivity contribution in [1.82, 2.24) is 24.8 Å². The van der Waals surface area contributed by atoms with Gasteiger partial charge in [0.05, 0.1) is 29.3 Å². The summed E-state index contributed by atoms with van der Waals surface area (Å²) < 4.78 is 6.80. The van der Waals surface area contributed by atoms with E-state index in [0.29, 0.717) is 22.5 Å². The van der Waals surface area contributed by atoms with E-state index in [-0.39, 0.29) is 11.8 Å². The van der Waals surface area contributed by atoms with Gasteiger partial charge in [-0.2, -0.15) is 0 Å². The van der Waals surface area contributed by atoms with Gasteiger partial charge in [-0.25, -0.2) is 15.0 Å². The highest BCUT2D eigenvalue weighted by Gasteiger charge is 2.25. The number of rotatable bonds is 6. The second-order valence-corrected chi connectivity index (χ2v) is 10.5. The molecule has 0 fully saturated rings. The number of fused-ring (bicyclic) bond motifs is 2. The van der Waals surface area contributed by atoms with E-state index in [1.165, 1.54) is 5.56 Å². The number of likely N-dealkylation sites (N-methyl/N-ethyl adjacent to an activating group) is 1. The Morgan fingerprint density at radius 1 is 1.08 bits per heavy atom. The van der Waals surface area contributed by atoms with Gasteiger partial charge in [0.2, 0.25) is 0 Å². The van der Waals surface area contributed by atoms with Gasteiger partial charge in [-0.1, -0.05) is 36.4 Å². The highest BCUT2D eigenvalue weighted by Crippen LogP contribution is 2.33. The molecule has 1 unspecified atom stereocenters. The summed E-state index contributed by atoms with van der Waals surface area (Å²) in [6.07, 6.45) is 3.34. The summed E-state index contributed by atoms with van der Waals surface area (Å²) in [4.78, 5) is 32.0. The van der Waals surface area contributed by atoms with Crippen molar-refractivity contribution >= 4 is 39.5 Å². The molecule has 0 aliphatic carbocycles. The van der Waals surface area contributed by atoms with Gasteiger partial charge in [-0.15, -0.1) is 0 Å².